The summed E-state index contributed by atoms with van der Waals surface area (Å²) >= 11 is 0. The Hall–Kier alpha value is -3.27. The van der Waals surface area contributed by atoms with Crippen LogP contribution in [0.5, 0.6) is 5.75 Å². The molecule has 0 bridgehead atoms. The molecular formula is C27H28N2O2. The number of nitrogens with one attached hydrogen (secondary N) is 2. The van der Waals surface area contributed by atoms with Gasteiger partial charge in [0.2, 0.25) is 0 Å². The lowest BCUT2D eigenvalue weighted by Crippen LogP contribution is -2.38. The van der Waals surface area contributed by atoms with E-state index in [1.165, 1.54) is 31.2 Å². The number of hydrogen-bond donors (Lipinski definition) is 2. The topological polar surface area (TPSA) is 50.4 Å². The maximum Gasteiger partial charge on any atom is 0.195 e. The van der Waals surface area contributed by atoms with Crippen molar-refractivity contribution >= 4 is 17.2 Å². The van der Waals surface area contributed by atoms with Crippen molar-refractivity contribution in [1.82, 2.24) is 0 Å². The second-order valence-electron chi connectivity index (χ2n) is 8.51. The van der Waals surface area contributed by atoms with Gasteiger partial charge in [0.25, 0.3) is 0 Å². The first-order valence-corrected chi connectivity index (χ1v) is 11.2. The van der Waals surface area contributed by atoms with E-state index in [0.29, 0.717) is 30.2 Å². The van der Waals surface area contributed by atoms with Crippen LogP contribution in [0.25, 0.3) is 0 Å². The van der Waals surface area contributed by atoms with Crippen LogP contribution in [0.3, 0.4) is 0 Å². The van der Waals surface area contributed by atoms with Crippen molar-refractivity contribution < 1.29 is 9.53 Å². The van der Waals surface area contributed by atoms with Gasteiger partial charge < -0.3 is 15.4 Å². The molecule has 1 fully saturated rings. The fraction of sp³-hybridized carbons (Fsp3) is 0.296. The Morgan fingerprint density at radius 3 is 2.39 bits per heavy atom. The number of benzene rings is 3. The SMILES string of the molecule is O=C(c1ccccc1)c1ccc(NCc2ccccc2)c2c1N[C@H](C1CCCC1)CO2. The van der Waals surface area contributed by atoms with E-state index in [2.05, 4.69) is 22.8 Å². The summed E-state index contributed by atoms with van der Waals surface area (Å²) in [5.74, 6) is 1.38. The molecule has 1 aliphatic carbocycles. The van der Waals surface area contributed by atoms with Crippen LogP contribution in [0.15, 0.2) is 72.8 Å². The molecule has 1 atom stereocenters. The second-order valence-corrected chi connectivity index (χ2v) is 8.51. The summed E-state index contributed by atoms with van der Waals surface area (Å²) in [6, 6.07) is 23.9. The largest absolute Gasteiger partial charge is 0.487 e. The van der Waals surface area contributed by atoms with Crippen molar-refractivity contribution in [1.29, 1.82) is 0 Å². The summed E-state index contributed by atoms with van der Waals surface area (Å²) in [4.78, 5) is 13.3. The molecule has 0 spiro atoms. The van der Waals surface area contributed by atoms with Gasteiger partial charge in [-0.2, -0.15) is 0 Å². The predicted octanol–water partition coefficient (Wildman–Crippen LogP) is 5.89. The van der Waals surface area contributed by atoms with Gasteiger partial charge in [0.05, 0.1) is 17.4 Å². The summed E-state index contributed by atoms with van der Waals surface area (Å²) < 4.78 is 6.32. The van der Waals surface area contributed by atoms with Crippen LogP contribution in [0.1, 0.15) is 47.2 Å². The number of carbonyl (C=O) groups is 1. The molecule has 1 aliphatic heterocycles. The summed E-state index contributed by atoms with van der Waals surface area (Å²) in [6.45, 7) is 1.34. The molecule has 0 aromatic heterocycles. The zero-order chi connectivity index (χ0) is 21.0. The lowest BCUT2D eigenvalue weighted by Gasteiger charge is -2.33. The molecule has 158 valence electrons. The minimum atomic E-state index is 0.0228. The molecule has 2 N–H and O–H groups in total. The average Bonchev–Trinajstić information content (AvgIpc) is 3.38. The minimum Gasteiger partial charge on any atom is -0.487 e. The Kier molecular flexibility index (Phi) is 5.61. The van der Waals surface area contributed by atoms with Crippen LogP contribution in [0.4, 0.5) is 11.4 Å². The quantitative estimate of drug-likeness (QED) is 0.496. The Labute approximate surface area is 183 Å². The number of carbonyl (C=O) groups excluding carboxylic acids is 1. The van der Waals surface area contributed by atoms with Gasteiger partial charge in [-0.3, -0.25) is 4.79 Å². The molecule has 1 saturated carbocycles. The van der Waals surface area contributed by atoms with Crippen molar-refractivity contribution in [2.75, 3.05) is 17.2 Å². The van der Waals surface area contributed by atoms with Crippen LogP contribution in [-0.2, 0) is 6.54 Å². The standard InChI is InChI=1S/C27H28N2O2/c30-26(21-13-5-2-6-14-21)22-15-16-23(28-17-19-9-3-1-4-10-19)27-25(22)29-24(18-31-27)20-11-7-8-12-20/h1-6,9-10,13-16,20,24,28-29H,7-8,11-12,17-18H2/t24-/m0/s1. The van der Waals surface area contributed by atoms with Crippen LogP contribution < -0.4 is 15.4 Å². The van der Waals surface area contributed by atoms with Crippen LogP contribution in [0.2, 0.25) is 0 Å². The summed E-state index contributed by atoms with van der Waals surface area (Å²) in [5.41, 5.74) is 4.32. The van der Waals surface area contributed by atoms with E-state index in [0.717, 1.165) is 17.1 Å². The number of ether oxygens (including phenoxy) is 1. The first kappa shape index (κ1) is 19.7. The molecular weight excluding hydrogens is 384 g/mol. The van der Waals surface area contributed by atoms with E-state index in [4.69, 9.17) is 4.74 Å². The van der Waals surface area contributed by atoms with Gasteiger partial charge in [-0.25, -0.2) is 0 Å². The van der Waals surface area contributed by atoms with Crippen molar-refractivity contribution in [2.45, 2.75) is 38.3 Å². The van der Waals surface area contributed by atoms with E-state index in [-0.39, 0.29) is 11.8 Å². The lowest BCUT2D eigenvalue weighted by molar-refractivity contribution is 0.103. The molecule has 2 aliphatic rings. The predicted molar refractivity (Wildman–Crippen MR) is 125 cm³/mol. The lowest BCUT2D eigenvalue weighted by atomic mass is 9.94. The maximum atomic E-state index is 13.3. The molecule has 3 aromatic rings. The highest BCUT2D eigenvalue weighted by atomic mass is 16.5. The molecule has 0 amide bonds. The van der Waals surface area contributed by atoms with Crippen LogP contribution in [0, 0.1) is 5.92 Å². The van der Waals surface area contributed by atoms with Crippen molar-refractivity contribution in [2.24, 2.45) is 5.92 Å². The molecule has 3 aromatic carbocycles. The van der Waals surface area contributed by atoms with Gasteiger partial charge in [-0.05, 0) is 36.5 Å². The third kappa shape index (κ3) is 4.15. The van der Waals surface area contributed by atoms with E-state index < -0.39 is 0 Å². The Balaban J connectivity index is 1.47. The highest BCUT2D eigenvalue weighted by Gasteiger charge is 2.32. The molecule has 0 saturated heterocycles. The molecule has 31 heavy (non-hydrogen) atoms. The molecule has 0 unspecified atom stereocenters. The Bertz CT molecular complexity index is 1040. The third-order valence-corrected chi connectivity index (χ3v) is 6.47. The summed E-state index contributed by atoms with van der Waals surface area (Å²) in [6.07, 6.45) is 5.02. The Morgan fingerprint density at radius 2 is 1.65 bits per heavy atom. The fourth-order valence-electron chi connectivity index (χ4n) is 4.76. The minimum absolute atomic E-state index is 0.0228. The Morgan fingerprint density at radius 1 is 0.935 bits per heavy atom. The highest BCUT2D eigenvalue weighted by Crippen LogP contribution is 2.43. The van der Waals surface area contributed by atoms with Gasteiger partial charge in [-0.1, -0.05) is 73.5 Å². The van der Waals surface area contributed by atoms with E-state index in [9.17, 15) is 4.79 Å². The third-order valence-electron chi connectivity index (χ3n) is 6.47. The van der Waals surface area contributed by atoms with E-state index in [1.54, 1.807) is 0 Å². The zero-order valence-corrected chi connectivity index (χ0v) is 17.6. The number of rotatable bonds is 6. The van der Waals surface area contributed by atoms with Crippen molar-refractivity contribution in [3.05, 3.63) is 89.5 Å². The summed E-state index contributed by atoms with van der Waals surface area (Å²) in [7, 11) is 0. The molecule has 4 nitrogen and oxygen atoms in total. The van der Waals surface area contributed by atoms with E-state index >= 15 is 0 Å². The van der Waals surface area contributed by atoms with Crippen LogP contribution in [-0.4, -0.2) is 18.4 Å². The normalized spacial score (nSPS) is 18.0. The number of hydrogen-bond acceptors (Lipinski definition) is 4. The monoisotopic (exact) mass is 412 g/mol. The molecule has 5 rings (SSSR count). The number of ketones is 1. The maximum absolute atomic E-state index is 13.3. The van der Waals surface area contributed by atoms with Gasteiger partial charge in [0.15, 0.2) is 11.5 Å². The van der Waals surface area contributed by atoms with Crippen LogP contribution >= 0.6 is 0 Å². The van der Waals surface area contributed by atoms with Crippen molar-refractivity contribution in [3.63, 3.8) is 0 Å². The number of fused-ring (bicyclic) bond motifs is 1. The second kappa shape index (κ2) is 8.84. The van der Waals surface area contributed by atoms with Gasteiger partial charge in [0.1, 0.15) is 6.61 Å². The molecule has 0 radical (unpaired) electrons. The van der Waals surface area contributed by atoms with Gasteiger partial charge >= 0.3 is 0 Å². The molecule has 4 heteroatoms. The van der Waals surface area contributed by atoms with Crippen molar-refractivity contribution in [3.8, 4) is 5.75 Å². The fourth-order valence-corrected chi connectivity index (χ4v) is 4.76. The number of anilines is 2. The first-order chi connectivity index (χ1) is 15.3. The van der Waals surface area contributed by atoms with Gasteiger partial charge in [-0.15, -0.1) is 0 Å². The van der Waals surface area contributed by atoms with Gasteiger partial charge in [0, 0.05) is 17.7 Å². The average molecular weight is 413 g/mol. The highest BCUT2D eigenvalue weighted by molar-refractivity contribution is 6.13. The smallest absolute Gasteiger partial charge is 0.195 e. The van der Waals surface area contributed by atoms with E-state index in [1.807, 2.05) is 60.7 Å². The first-order valence-electron chi connectivity index (χ1n) is 11.2. The summed E-state index contributed by atoms with van der Waals surface area (Å²) in [5, 5.41) is 7.21. The molecule has 1 heterocycles. The zero-order valence-electron chi connectivity index (χ0n) is 17.6.